The first-order valence-corrected chi connectivity index (χ1v) is 7.62. The number of hydrogen-bond acceptors (Lipinski definition) is 5. The minimum Gasteiger partial charge on any atom is -0.481 e. The van der Waals surface area contributed by atoms with Gasteiger partial charge in [-0.25, -0.2) is 0 Å². The van der Waals surface area contributed by atoms with Gasteiger partial charge >= 0.3 is 5.97 Å². The molecule has 100 valence electrons. The van der Waals surface area contributed by atoms with Crippen molar-refractivity contribution in [2.24, 2.45) is 0 Å². The average molecular weight is 334 g/mol. The predicted octanol–water partition coefficient (Wildman–Crippen LogP) is 3.08. The number of carbonyl (C=O) groups excluding carboxylic acids is 1. The number of aliphatic carboxylic acids is 1. The first kappa shape index (κ1) is 14.5. The molecule has 8 heteroatoms. The summed E-state index contributed by atoms with van der Waals surface area (Å²) in [5.74, 6) is -1.20. The molecule has 1 aromatic rings. The van der Waals surface area contributed by atoms with Crippen molar-refractivity contribution < 1.29 is 14.7 Å². The van der Waals surface area contributed by atoms with Gasteiger partial charge in [0.05, 0.1) is 15.7 Å². The van der Waals surface area contributed by atoms with Crippen molar-refractivity contribution in [2.45, 2.75) is 6.42 Å². The molecule has 0 spiro atoms. The second-order valence-electron chi connectivity index (χ2n) is 3.62. The van der Waals surface area contributed by atoms with Crippen LogP contribution in [-0.4, -0.2) is 32.7 Å². The van der Waals surface area contributed by atoms with Gasteiger partial charge in [0.25, 0.3) is 5.91 Å². The predicted molar refractivity (Wildman–Crippen MR) is 81.5 cm³/mol. The summed E-state index contributed by atoms with van der Waals surface area (Å²) in [6.45, 7) is 0.0997. The number of rotatable bonds is 4. The SMILES string of the molecule is O=C(O)CCN1C(=O)C(=Cc2ccc(Cl)s2)SC1=S. The minimum atomic E-state index is -0.955. The fourth-order valence-electron chi connectivity index (χ4n) is 1.44. The molecule has 1 amide bonds. The fraction of sp³-hybridized carbons (Fsp3) is 0.182. The molecule has 4 nitrogen and oxygen atoms in total. The average Bonchev–Trinajstić information content (AvgIpc) is 2.83. The summed E-state index contributed by atoms with van der Waals surface area (Å²) >= 11 is 13.4. The zero-order valence-corrected chi connectivity index (χ0v) is 12.7. The molecular formula is C11H8ClNO3S3. The van der Waals surface area contributed by atoms with Crippen LogP contribution in [0.4, 0.5) is 0 Å². The van der Waals surface area contributed by atoms with Crippen LogP contribution in [0.25, 0.3) is 6.08 Å². The Bertz CT molecular complexity index is 581. The first-order chi connectivity index (χ1) is 8.97. The number of carbonyl (C=O) groups is 2. The smallest absolute Gasteiger partial charge is 0.305 e. The van der Waals surface area contributed by atoms with Crippen LogP contribution >= 0.6 is 46.9 Å². The summed E-state index contributed by atoms with van der Waals surface area (Å²) in [4.78, 5) is 25.3. The number of halogens is 1. The van der Waals surface area contributed by atoms with Crippen LogP contribution in [-0.2, 0) is 9.59 Å². The van der Waals surface area contributed by atoms with E-state index in [1.165, 1.54) is 28.0 Å². The molecule has 1 saturated heterocycles. The van der Waals surface area contributed by atoms with E-state index in [0.717, 1.165) is 4.88 Å². The van der Waals surface area contributed by atoms with Crippen LogP contribution in [0.2, 0.25) is 4.34 Å². The maximum atomic E-state index is 12.1. The normalized spacial score (nSPS) is 17.5. The summed E-state index contributed by atoms with van der Waals surface area (Å²) in [6.07, 6.45) is 1.60. The molecule has 0 atom stereocenters. The number of thiocarbonyl (C=S) groups is 1. The van der Waals surface area contributed by atoms with Crippen LogP contribution in [0.5, 0.6) is 0 Å². The molecule has 0 aliphatic carbocycles. The van der Waals surface area contributed by atoms with Crippen molar-refractivity contribution in [1.29, 1.82) is 0 Å². The van der Waals surface area contributed by atoms with E-state index in [0.29, 0.717) is 13.6 Å². The highest BCUT2D eigenvalue weighted by atomic mass is 35.5. The maximum Gasteiger partial charge on any atom is 0.305 e. The number of hydrogen-bond donors (Lipinski definition) is 1. The third-order valence-corrected chi connectivity index (χ3v) is 4.85. The second kappa shape index (κ2) is 6.04. The van der Waals surface area contributed by atoms with Crippen LogP contribution in [0, 0.1) is 0 Å². The Morgan fingerprint density at radius 3 is 2.84 bits per heavy atom. The minimum absolute atomic E-state index is 0.0997. The van der Waals surface area contributed by atoms with Gasteiger partial charge in [-0.2, -0.15) is 0 Å². The summed E-state index contributed by atoms with van der Waals surface area (Å²) in [5, 5.41) is 8.63. The lowest BCUT2D eigenvalue weighted by molar-refractivity contribution is -0.137. The molecule has 2 rings (SSSR count). The monoisotopic (exact) mass is 333 g/mol. The van der Waals surface area contributed by atoms with E-state index in [1.54, 1.807) is 12.1 Å². The molecule has 19 heavy (non-hydrogen) atoms. The molecule has 1 N–H and O–H groups in total. The van der Waals surface area contributed by atoms with E-state index in [2.05, 4.69) is 0 Å². The van der Waals surface area contributed by atoms with E-state index in [-0.39, 0.29) is 18.9 Å². The molecule has 0 aromatic carbocycles. The zero-order chi connectivity index (χ0) is 14.0. The van der Waals surface area contributed by atoms with Gasteiger partial charge in [0.15, 0.2) is 0 Å². The molecular weight excluding hydrogens is 326 g/mol. The van der Waals surface area contributed by atoms with Crippen LogP contribution in [0.15, 0.2) is 17.0 Å². The van der Waals surface area contributed by atoms with Crippen LogP contribution in [0.1, 0.15) is 11.3 Å². The molecule has 0 unspecified atom stereocenters. The van der Waals surface area contributed by atoms with Gasteiger partial charge in [-0.3, -0.25) is 14.5 Å². The Labute approximate surface area is 128 Å². The second-order valence-corrected chi connectivity index (χ2v) is 7.04. The van der Waals surface area contributed by atoms with Crippen LogP contribution in [0.3, 0.4) is 0 Å². The Kier molecular flexibility index (Phi) is 4.62. The molecule has 2 heterocycles. The standard InChI is InChI=1S/C11H8ClNO3S3/c12-8-2-1-6(18-8)5-7-10(16)13(11(17)19-7)4-3-9(14)15/h1-2,5H,3-4H2,(H,14,15). The molecule has 1 fully saturated rings. The Balaban J connectivity index is 2.13. The lowest BCUT2D eigenvalue weighted by atomic mass is 10.3. The van der Waals surface area contributed by atoms with Gasteiger partial charge in [0.2, 0.25) is 0 Å². The molecule has 1 aliphatic rings. The van der Waals surface area contributed by atoms with E-state index in [1.807, 2.05) is 6.07 Å². The quantitative estimate of drug-likeness (QED) is 0.678. The van der Waals surface area contributed by atoms with E-state index < -0.39 is 5.97 Å². The third kappa shape index (κ3) is 3.56. The molecule has 1 aliphatic heterocycles. The molecule has 0 radical (unpaired) electrons. The summed E-state index contributed by atoms with van der Waals surface area (Å²) in [5.41, 5.74) is 0. The Hall–Kier alpha value is -0.890. The van der Waals surface area contributed by atoms with Gasteiger partial charge in [0, 0.05) is 11.4 Å². The highest BCUT2D eigenvalue weighted by Gasteiger charge is 2.32. The van der Waals surface area contributed by atoms with Crippen molar-refractivity contribution in [3.8, 4) is 0 Å². The Morgan fingerprint density at radius 1 is 1.53 bits per heavy atom. The van der Waals surface area contributed by atoms with E-state index in [4.69, 9.17) is 28.9 Å². The molecule has 1 aromatic heterocycles. The van der Waals surface area contributed by atoms with Gasteiger partial charge in [0.1, 0.15) is 4.32 Å². The van der Waals surface area contributed by atoms with Gasteiger partial charge in [-0.05, 0) is 18.2 Å². The first-order valence-electron chi connectivity index (χ1n) is 5.20. The fourth-order valence-corrected chi connectivity index (χ4v) is 3.81. The van der Waals surface area contributed by atoms with Crippen molar-refractivity contribution in [2.75, 3.05) is 6.54 Å². The highest BCUT2D eigenvalue weighted by Crippen LogP contribution is 2.34. The maximum absolute atomic E-state index is 12.1. The number of amides is 1. The van der Waals surface area contributed by atoms with Gasteiger partial charge < -0.3 is 5.11 Å². The van der Waals surface area contributed by atoms with Crippen LogP contribution < -0.4 is 0 Å². The summed E-state index contributed by atoms with van der Waals surface area (Å²) in [6, 6.07) is 3.57. The van der Waals surface area contributed by atoms with Gasteiger partial charge in [-0.15, -0.1) is 11.3 Å². The van der Waals surface area contributed by atoms with Crippen molar-refractivity contribution in [3.63, 3.8) is 0 Å². The van der Waals surface area contributed by atoms with Crippen molar-refractivity contribution in [1.82, 2.24) is 4.90 Å². The van der Waals surface area contributed by atoms with Crippen molar-refractivity contribution in [3.05, 3.63) is 26.3 Å². The number of carboxylic acids is 1. The van der Waals surface area contributed by atoms with E-state index >= 15 is 0 Å². The topological polar surface area (TPSA) is 57.6 Å². The van der Waals surface area contributed by atoms with E-state index in [9.17, 15) is 9.59 Å². The van der Waals surface area contributed by atoms with Gasteiger partial charge in [-0.1, -0.05) is 35.6 Å². The highest BCUT2D eigenvalue weighted by molar-refractivity contribution is 8.26. The number of thioether (sulfide) groups is 1. The Morgan fingerprint density at radius 2 is 2.26 bits per heavy atom. The third-order valence-electron chi connectivity index (χ3n) is 2.29. The summed E-state index contributed by atoms with van der Waals surface area (Å²) in [7, 11) is 0. The number of carboxylic acid groups (broad SMARTS) is 1. The number of nitrogens with zero attached hydrogens (tertiary/aromatic N) is 1. The summed E-state index contributed by atoms with van der Waals surface area (Å²) < 4.78 is 1.03. The number of thiophene rings is 1. The lowest BCUT2D eigenvalue weighted by Gasteiger charge is -2.12. The largest absolute Gasteiger partial charge is 0.481 e. The lowest BCUT2D eigenvalue weighted by Crippen LogP contribution is -2.30. The molecule has 0 saturated carbocycles. The van der Waals surface area contributed by atoms with Crippen molar-refractivity contribution >= 4 is 69.2 Å². The molecule has 0 bridgehead atoms. The zero-order valence-electron chi connectivity index (χ0n) is 9.46.